The second kappa shape index (κ2) is 4.90. The number of anilines is 2. The molecule has 0 unspecified atom stereocenters. The second-order valence-corrected chi connectivity index (χ2v) is 4.51. The number of amides is 1. The summed E-state index contributed by atoms with van der Waals surface area (Å²) in [7, 11) is 0. The van der Waals surface area contributed by atoms with E-state index in [9.17, 15) is 4.79 Å². The third-order valence-corrected chi connectivity index (χ3v) is 2.90. The van der Waals surface area contributed by atoms with E-state index >= 15 is 0 Å². The highest BCUT2D eigenvalue weighted by Gasteiger charge is 2.15. The first-order valence-electron chi connectivity index (χ1n) is 5.76. The van der Waals surface area contributed by atoms with Crippen LogP contribution >= 0.6 is 11.6 Å². The summed E-state index contributed by atoms with van der Waals surface area (Å²) in [5.74, 6) is 1.10. The molecule has 0 aliphatic carbocycles. The number of carbonyl (C=O) groups is 1. The van der Waals surface area contributed by atoms with Gasteiger partial charge in [-0.05, 0) is 24.3 Å². The number of benzene rings is 1. The average molecular weight is 292 g/mol. The zero-order valence-corrected chi connectivity index (χ0v) is 11.0. The Hall–Kier alpha value is -2.47. The van der Waals surface area contributed by atoms with Crippen molar-refractivity contribution >= 4 is 29.0 Å². The van der Waals surface area contributed by atoms with Gasteiger partial charge in [0.1, 0.15) is 11.0 Å². The largest absolute Gasteiger partial charge is 0.454 e. The van der Waals surface area contributed by atoms with Crippen LogP contribution in [0.5, 0.6) is 11.5 Å². The van der Waals surface area contributed by atoms with Crippen molar-refractivity contribution in [1.29, 1.82) is 0 Å². The Morgan fingerprint density at radius 2 is 2.05 bits per heavy atom. The van der Waals surface area contributed by atoms with Crippen molar-refractivity contribution in [3.63, 3.8) is 0 Å². The van der Waals surface area contributed by atoms with E-state index in [-0.39, 0.29) is 23.7 Å². The molecular formula is C13H10ClN3O3. The summed E-state index contributed by atoms with van der Waals surface area (Å²) < 4.78 is 10.4. The number of rotatable bonds is 2. The van der Waals surface area contributed by atoms with Crippen LogP contribution in [0.2, 0.25) is 5.15 Å². The number of carbonyl (C=O) groups excluding carboxylic acids is 1. The fourth-order valence-corrected chi connectivity index (χ4v) is 2.04. The van der Waals surface area contributed by atoms with Gasteiger partial charge in [0.15, 0.2) is 11.5 Å². The van der Waals surface area contributed by atoms with Crippen molar-refractivity contribution < 1.29 is 14.3 Å². The van der Waals surface area contributed by atoms with Gasteiger partial charge in [-0.15, -0.1) is 0 Å². The van der Waals surface area contributed by atoms with E-state index in [1.807, 2.05) is 0 Å². The molecule has 3 N–H and O–H groups in total. The van der Waals surface area contributed by atoms with Crippen molar-refractivity contribution in [1.82, 2.24) is 4.98 Å². The molecule has 0 fully saturated rings. The van der Waals surface area contributed by atoms with Gasteiger partial charge in [-0.3, -0.25) is 4.79 Å². The molecule has 0 spiro atoms. The first-order chi connectivity index (χ1) is 9.61. The van der Waals surface area contributed by atoms with Crippen molar-refractivity contribution in [2.45, 2.75) is 0 Å². The van der Waals surface area contributed by atoms with Crippen LogP contribution < -0.4 is 20.5 Å². The molecule has 0 bridgehead atoms. The number of hydrogen-bond donors (Lipinski definition) is 2. The van der Waals surface area contributed by atoms with Crippen LogP contribution in [0.3, 0.4) is 0 Å². The lowest BCUT2D eigenvalue weighted by Gasteiger charge is -2.07. The van der Waals surface area contributed by atoms with Crippen LogP contribution in [0.25, 0.3) is 0 Å². The van der Waals surface area contributed by atoms with Gasteiger partial charge < -0.3 is 20.5 Å². The summed E-state index contributed by atoms with van der Waals surface area (Å²) in [5, 5.41) is 2.89. The van der Waals surface area contributed by atoms with Crippen LogP contribution in [-0.2, 0) is 0 Å². The SMILES string of the molecule is Nc1cc(C(=O)Nc2ccc3c(c2)OCO3)cc(Cl)n1. The number of halogens is 1. The first-order valence-corrected chi connectivity index (χ1v) is 6.14. The molecule has 1 aliphatic heterocycles. The summed E-state index contributed by atoms with van der Waals surface area (Å²) in [6.07, 6.45) is 0. The minimum atomic E-state index is -0.333. The number of fused-ring (bicyclic) bond motifs is 1. The third kappa shape index (κ3) is 2.46. The lowest BCUT2D eigenvalue weighted by atomic mass is 10.2. The zero-order valence-electron chi connectivity index (χ0n) is 10.2. The Labute approximate surface area is 119 Å². The van der Waals surface area contributed by atoms with E-state index < -0.39 is 0 Å². The van der Waals surface area contributed by atoms with Gasteiger partial charge >= 0.3 is 0 Å². The Morgan fingerprint density at radius 1 is 1.25 bits per heavy atom. The van der Waals surface area contributed by atoms with E-state index in [0.29, 0.717) is 22.7 Å². The Morgan fingerprint density at radius 3 is 2.85 bits per heavy atom. The summed E-state index contributed by atoms with van der Waals surface area (Å²) in [4.78, 5) is 15.9. The monoisotopic (exact) mass is 291 g/mol. The highest BCUT2D eigenvalue weighted by molar-refractivity contribution is 6.30. The molecule has 0 saturated heterocycles. The number of hydrogen-bond acceptors (Lipinski definition) is 5. The summed E-state index contributed by atoms with van der Waals surface area (Å²) >= 11 is 5.77. The standard InChI is InChI=1S/C13H10ClN3O3/c14-11-3-7(4-12(15)17-11)13(18)16-8-1-2-9-10(5-8)20-6-19-9/h1-5H,6H2,(H2,15,17)(H,16,18). The molecule has 1 aliphatic rings. The minimum absolute atomic E-state index is 0.167. The van der Waals surface area contributed by atoms with Gasteiger partial charge in [-0.1, -0.05) is 11.6 Å². The molecule has 1 amide bonds. The highest BCUT2D eigenvalue weighted by Crippen LogP contribution is 2.34. The maximum Gasteiger partial charge on any atom is 0.255 e. The number of nitrogen functional groups attached to an aromatic ring is 1. The maximum absolute atomic E-state index is 12.1. The van der Waals surface area contributed by atoms with E-state index in [4.69, 9.17) is 26.8 Å². The number of ether oxygens (including phenoxy) is 2. The van der Waals surface area contributed by atoms with Gasteiger partial charge in [0.05, 0.1) is 0 Å². The number of nitrogens with two attached hydrogens (primary N) is 1. The van der Waals surface area contributed by atoms with E-state index in [1.54, 1.807) is 18.2 Å². The summed E-state index contributed by atoms with van der Waals surface area (Å²) in [6.45, 7) is 0.184. The minimum Gasteiger partial charge on any atom is -0.454 e. The van der Waals surface area contributed by atoms with Crippen LogP contribution in [0, 0.1) is 0 Å². The van der Waals surface area contributed by atoms with Crippen LogP contribution in [0.1, 0.15) is 10.4 Å². The second-order valence-electron chi connectivity index (χ2n) is 4.13. The lowest BCUT2D eigenvalue weighted by Crippen LogP contribution is -2.12. The maximum atomic E-state index is 12.1. The quantitative estimate of drug-likeness (QED) is 0.829. The highest BCUT2D eigenvalue weighted by atomic mass is 35.5. The molecule has 6 nitrogen and oxygen atoms in total. The molecule has 0 radical (unpaired) electrons. The van der Waals surface area contributed by atoms with E-state index in [2.05, 4.69) is 10.3 Å². The van der Waals surface area contributed by atoms with Crippen molar-refractivity contribution in [3.8, 4) is 11.5 Å². The van der Waals surface area contributed by atoms with Crippen LogP contribution in [0.15, 0.2) is 30.3 Å². The predicted molar refractivity (Wildman–Crippen MR) is 74.2 cm³/mol. The number of aromatic nitrogens is 1. The number of nitrogens with one attached hydrogen (secondary N) is 1. The molecule has 102 valence electrons. The zero-order chi connectivity index (χ0) is 14.1. The first kappa shape index (κ1) is 12.6. The summed E-state index contributed by atoms with van der Waals surface area (Å²) in [6, 6.07) is 8.03. The fourth-order valence-electron chi connectivity index (χ4n) is 1.83. The summed E-state index contributed by atoms with van der Waals surface area (Å²) in [5.41, 5.74) is 6.47. The molecule has 0 saturated carbocycles. The molecule has 20 heavy (non-hydrogen) atoms. The van der Waals surface area contributed by atoms with Crippen LogP contribution in [-0.4, -0.2) is 17.7 Å². The normalized spacial score (nSPS) is 12.2. The van der Waals surface area contributed by atoms with Gasteiger partial charge in [-0.25, -0.2) is 4.98 Å². The van der Waals surface area contributed by atoms with Crippen molar-refractivity contribution in [2.24, 2.45) is 0 Å². The number of nitrogens with zero attached hydrogens (tertiary/aromatic N) is 1. The van der Waals surface area contributed by atoms with Gasteiger partial charge in [-0.2, -0.15) is 0 Å². The molecule has 1 aromatic heterocycles. The molecule has 0 atom stereocenters. The Kier molecular flexibility index (Phi) is 3.08. The molecule has 3 rings (SSSR count). The van der Waals surface area contributed by atoms with Crippen molar-refractivity contribution in [2.75, 3.05) is 17.8 Å². The van der Waals surface area contributed by atoms with Crippen LogP contribution in [0.4, 0.5) is 11.5 Å². The predicted octanol–water partition coefficient (Wildman–Crippen LogP) is 2.30. The fraction of sp³-hybridized carbons (Fsp3) is 0.0769. The average Bonchev–Trinajstić information content (AvgIpc) is 2.85. The van der Waals surface area contributed by atoms with E-state index in [0.717, 1.165) is 0 Å². The van der Waals surface area contributed by atoms with E-state index in [1.165, 1.54) is 12.1 Å². The van der Waals surface area contributed by atoms with Gasteiger partial charge in [0, 0.05) is 17.3 Å². The third-order valence-electron chi connectivity index (χ3n) is 2.71. The van der Waals surface area contributed by atoms with Gasteiger partial charge in [0.25, 0.3) is 5.91 Å². The lowest BCUT2D eigenvalue weighted by molar-refractivity contribution is 0.102. The van der Waals surface area contributed by atoms with Crippen molar-refractivity contribution in [3.05, 3.63) is 41.0 Å². The molecule has 2 heterocycles. The molecule has 1 aromatic carbocycles. The Balaban J connectivity index is 1.82. The molecular weight excluding hydrogens is 282 g/mol. The smallest absolute Gasteiger partial charge is 0.255 e. The molecule has 7 heteroatoms. The molecule has 2 aromatic rings. The topological polar surface area (TPSA) is 86.5 Å². The Bertz CT molecular complexity index is 670. The number of pyridine rings is 1. The van der Waals surface area contributed by atoms with Gasteiger partial charge in [0.2, 0.25) is 6.79 Å².